The normalized spacial score (nSPS) is 16.6. The molecule has 0 spiro atoms. The number of carbonyl (C=O) groups excluding carboxylic acids is 1. The highest BCUT2D eigenvalue weighted by molar-refractivity contribution is 6.31. The molecule has 21 heavy (non-hydrogen) atoms. The lowest BCUT2D eigenvalue weighted by atomic mass is 10.1. The molecule has 2 aromatic rings. The standard InChI is InChI=1S/C16H18ClNO3/c1-10-13-9-11(17)3-4-14(13)21-15(10)16(19)18-7-5-12(20-2)6-8-18/h3-4,9,12H,5-8H2,1-2H3. The number of halogens is 1. The van der Waals surface area contributed by atoms with Crippen LogP contribution in [-0.2, 0) is 4.74 Å². The largest absolute Gasteiger partial charge is 0.451 e. The number of fused-ring (bicyclic) bond motifs is 1. The number of likely N-dealkylation sites (tertiary alicyclic amines) is 1. The molecule has 5 heteroatoms. The van der Waals surface area contributed by atoms with Crippen molar-refractivity contribution in [2.45, 2.75) is 25.9 Å². The third-order valence-electron chi connectivity index (χ3n) is 4.16. The maximum absolute atomic E-state index is 12.6. The molecule has 3 rings (SSSR count). The summed E-state index contributed by atoms with van der Waals surface area (Å²) in [7, 11) is 1.72. The Balaban J connectivity index is 1.87. The Morgan fingerprint density at radius 3 is 2.76 bits per heavy atom. The van der Waals surface area contributed by atoms with Crippen LogP contribution >= 0.6 is 11.6 Å². The van der Waals surface area contributed by atoms with Crippen molar-refractivity contribution in [3.8, 4) is 0 Å². The van der Waals surface area contributed by atoms with Gasteiger partial charge in [-0.15, -0.1) is 0 Å². The van der Waals surface area contributed by atoms with Crippen LogP contribution in [0.5, 0.6) is 0 Å². The van der Waals surface area contributed by atoms with Crippen molar-refractivity contribution in [2.24, 2.45) is 0 Å². The minimum Gasteiger partial charge on any atom is -0.451 e. The number of methoxy groups -OCH3 is 1. The zero-order valence-electron chi connectivity index (χ0n) is 12.2. The predicted octanol–water partition coefficient (Wildman–Crippen LogP) is 3.65. The van der Waals surface area contributed by atoms with E-state index in [1.54, 1.807) is 19.2 Å². The number of benzene rings is 1. The smallest absolute Gasteiger partial charge is 0.289 e. The van der Waals surface area contributed by atoms with Gasteiger partial charge in [0, 0.05) is 36.2 Å². The zero-order valence-corrected chi connectivity index (χ0v) is 12.9. The molecule has 0 unspecified atom stereocenters. The van der Waals surface area contributed by atoms with Crippen molar-refractivity contribution in [1.29, 1.82) is 0 Å². The molecular weight excluding hydrogens is 290 g/mol. The number of hydrogen-bond donors (Lipinski definition) is 0. The second-order valence-corrected chi connectivity index (χ2v) is 5.86. The number of aryl methyl sites for hydroxylation is 1. The van der Waals surface area contributed by atoms with Gasteiger partial charge in [0.05, 0.1) is 6.10 Å². The van der Waals surface area contributed by atoms with Crippen molar-refractivity contribution in [2.75, 3.05) is 20.2 Å². The fraction of sp³-hybridized carbons (Fsp3) is 0.438. The first-order chi connectivity index (χ1) is 10.1. The first-order valence-electron chi connectivity index (χ1n) is 7.11. The van der Waals surface area contributed by atoms with Crippen LogP contribution < -0.4 is 0 Å². The van der Waals surface area contributed by atoms with E-state index >= 15 is 0 Å². The Morgan fingerprint density at radius 1 is 1.38 bits per heavy atom. The van der Waals surface area contributed by atoms with E-state index in [0.717, 1.165) is 23.8 Å². The van der Waals surface area contributed by atoms with Gasteiger partial charge in [-0.25, -0.2) is 0 Å². The number of nitrogens with zero attached hydrogens (tertiary/aromatic N) is 1. The van der Waals surface area contributed by atoms with E-state index in [0.29, 0.717) is 29.5 Å². The lowest BCUT2D eigenvalue weighted by molar-refractivity contribution is 0.0335. The number of amides is 1. The highest BCUT2D eigenvalue weighted by Crippen LogP contribution is 2.29. The number of hydrogen-bond acceptors (Lipinski definition) is 3. The summed E-state index contributed by atoms with van der Waals surface area (Å²) in [5.41, 5.74) is 1.55. The minimum absolute atomic E-state index is 0.0469. The Bertz CT molecular complexity index is 671. The Labute approximate surface area is 128 Å². The molecule has 0 aliphatic carbocycles. The van der Waals surface area contributed by atoms with Crippen LogP contribution in [0.1, 0.15) is 29.0 Å². The number of furan rings is 1. The Kier molecular flexibility index (Phi) is 3.91. The summed E-state index contributed by atoms with van der Waals surface area (Å²) in [6, 6.07) is 5.41. The number of rotatable bonds is 2. The highest BCUT2D eigenvalue weighted by atomic mass is 35.5. The molecule has 1 aromatic carbocycles. The van der Waals surface area contributed by atoms with Crippen LogP contribution in [0, 0.1) is 6.92 Å². The van der Waals surface area contributed by atoms with Gasteiger partial charge in [0.2, 0.25) is 0 Å². The van der Waals surface area contributed by atoms with Crippen LogP contribution in [0.2, 0.25) is 5.02 Å². The van der Waals surface area contributed by atoms with E-state index in [1.165, 1.54) is 0 Å². The maximum atomic E-state index is 12.6. The van der Waals surface area contributed by atoms with Gasteiger partial charge in [-0.1, -0.05) is 11.6 Å². The predicted molar refractivity (Wildman–Crippen MR) is 81.9 cm³/mol. The molecule has 1 saturated heterocycles. The molecule has 0 saturated carbocycles. The Morgan fingerprint density at radius 2 is 2.10 bits per heavy atom. The molecule has 1 amide bonds. The lowest BCUT2D eigenvalue weighted by Crippen LogP contribution is -2.40. The first-order valence-corrected chi connectivity index (χ1v) is 7.48. The van der Waals surface area contributed by atoms with Crippen LogP contribution in [0.25, 0.3) is 11.0 Å². The second-order valence-electron chi connectivity index (χ2n) is 5.42. The van der Waals surface area contributed by atoms with Gasteiger partial charge in [0.1, 0.15) is 5.58 Å². The maximum Gasteiger partial charge on any atom is 0.289 e. The summed E-state index contributed by atoms with van der Waals surface area (Å²) in [6.45, 7) is 3.31. The van der Waals surface area contributed by atoms with Crippen molar-refractivity contribution in [3.63, 3.8) is 0 Å². The average molecular weight is 308 g/mol. The molecule has 2 heterocycles. The summed E-state index contributed by atoms with van der Waals surface area (Å²) in [5.74, 6) is 0.373. The molecular formula is C16H18ClNO3. The van der Waals surface area contributed by atoms with E-state index in [9.17, 15) is 4.79 Å². The van der Waals surface area contributed by atoms with Crippen LogP contribution in [0.4, 0.5) is 0 Å². The summed E-state index contributed by atoms with van der Waals surface area (Å²) < 4.78 is 11.1. The molecule has 0 atom stereocenters. The average Bonchev–Trinajstić information content (AvgIpc) is 2.83. The molecule has 1 aliphatic rings. The number of piperidine rings is 1. The summed E-state index contributed by atoms with van der Waals surface area (Å²) in [4.78, 5) is 14.5. The minimum atomic E-state index is -0.0469. The second kappa shape index (κ2) is 5.70. The molecule has 1 aromatic heterocycles. The molecule has 1 fully saturated rings. The van der Waals surface area contributed by atoms with Crippen molar-refractivity contribution in [1.82, 2.24) is 4.90 Å². The third kappa shape index (κ3) is 2.65. The molecule has 0 radical (unpaired) electrons. The molecule has 112 valence electrons. The van der Waals surface area contributed by atoms with Crippen LogP contribution in [0.15, 0.2) is 22.6 Å². The van der Waals surface area contributed by atoms with Crippen molar-refractivity contribution in [3.05, 3.63) is 34.5 Å². The fourth-order valence-electron chi connectivity index (χ4n) is 2.84. The zero-order chi connectivity index (χ0) is 15.0. The SMILES string of the molecule is COC1CCN(C(=O)c2oc3ccc(Cl)cc3c2C)CC1. The molecule has 0 bridgehead atoms. The third-order valence-corrected chi connectivity index (χ3v) is 4.39. The van der Waals surface area contributed by atoms with Gasteiger partial charge in [0.15, 0.2) is 5.76 Å². The fourth-order valence-corrected chi connectivity index (χ4v) is 3.01. The van der Waals surface area contributed by atoms with Gasteiger partial charge in [-0.05, 0) is 38.0 Å². The van der Waals surface area contributed by atoms with E-state index in [2.05, 4.69) is 0 Å². The topological polar surface area (TPSA) is 42.7 Å². The summed E-state index contributed by atoms with van der Waals surface area (Å²) >= 11 is 6.01. The van der Waals surface area contributed by atoms with Crippen molar-refractivity contribution >= 4 is 28.5 Å². The van der Waals surface area contributed by atoms with Gasteiger partial charge in [-0.2, -0.15) is 0 Å². The Hall–Kier alpha value is -1.52. The van der Waals surface area contributed by atoms with Crippen LogP contribution in [0.3, 0.4) is 0 Å². The lowest BCUT2D eigenvalue weighted by Gasteiger charge is -2.30. The quantitative estimate of drug-likeness (QED) is 0.850. The van der Waals surface area contributed by atoms with Gasteiger partial charge >= 0.3 is 0 Å². The van der Waals surface area contributed by atoms with Crippen molar-refractivity contribution < 1.29 is 13.9 Å². The van der Waals surface area contributed by atoms with E-state index in [-0.39, 0.29) is 12.0 Å². The van der Waals surface area contributed by atoms with Gasteiger partial charge < -0.3 is 14.1 Å². The van der Waals surface area contributed by atoms with Gasteiger partial charge in [-0.3, -0.25) is 4.79 Å². The summed E-state index contributed by atoms with van der Waals surface area (Å²) in [6.07, 6.45) is 1.99. The molecule has 1 aliphatic heterocycles. The first kappa shape index (κ1) is 14.4. The number of carbonyl (C=O) groups is 1. The molecule has 4 nitrogen and oxygen atoms in total. The highest BCUT2D eigenvalue weighted by Gasteiger charge is 2.27. The van der Waals surface area contributed by atoms with Gasteiger partial charge in [0.25, 0.3) is 5.91 Å². The summed E-state index contributed by atoms with van der Waals surface area (Å²) in [5, 5.41) is 1.55. The van der Waals surface area contributed by atoms with E-state index in [4.69, 9.17) is 20.8 Å². The number of ether oxygens (including phenoxy) is 1. The van der Waals surface area contributed by atoms with E-state index < -0.39 is 0 Å². The monoisotopic (exact) mass is 307 g/mol. The molecule has 0 N–H and O–H groups in total. The van der Waals surface area contributed by atoms with Crippen LogP contribution in [-0.4, -0.2) is 37.1 Å². The van der Waals surface area contributed by atoms with E-state index in [1.807, 2.05) is 17.9 Å².